The van der Waals surface area contributed by atoms with Crippen LogP contribution in [0.3, 0.4) is 0 Å². The topological polar surface area (TPSA) is 79.5 Å². The standard InChI is InChI=1S/C18H12N2O4S/c1-10-6-7-15(25-10)13-8-19-9-14(13)18(23)24-20-16(21)11-4-2-3-5-12(11)17(20)22/h2-9,19H,1H3. The van der Waals surface area contributed by atoms with E-state index < -0.39 is 17.8 Å². The van der Waals surface area contributed by atoms with Gasteiger partial charge < -0.3 is 9.82 Å². The van der Waals surface area contributed by atoms with Crippen LogP contribution in [0.25, 0.3) is 10.4 Å². The Bertz CT molecular complexity index is 983. The molecular weight excluding hydrogens is 340 g/mol. The van der Waals surface area contributed by atoms with Crippen molar-refractivity contribution in [1.29, 1.82) is 0 Å². The molecule has 2 amide bonds. The Morgan fingerprint density at radius 2 is 1.68 bits per heavy atom. The van der Waals surface area contributed by atoms with Crippen molar-refractivity contribution >= 4 is 29.1 Å². The van der Waals surface area contributed by atoms with Crippen LogP contribution in [0.15, 0.2) is 48.8 Å². The molecule has 25 heavy (non-hydrogen) atoms. The maximum atomic E-state index is 12.5. The number of hydroxylamine groups is 2. The van der Waals surface area contributed by atoms with Gasteiger partial charge in [0.05, 0.1) is 16.7 Å². The molecule has 3 aromatic rings. The van der Waals surface area contributed by atoms with Crippen LogP contribution < -0.4 is 0 Å². The van der Waals surface area contributed by atoms with Gasteiger partial charge in [0.1, 0.15) is 0 Å². The van der Waals surface area contributed by atoms with E-state index in [9.17, 15) is 14.4 Å². The molecule has 0 aliphatic carbocycles. The van der Waals surface area contributed by atoms with Crippen LogP contribution in [-0.4, -0.2) is 27.8 Å². The van der Waals surface area contributed by atoms with Gasteiger partial charge in [0.25, 0.3) is 11.8 Å². The molecule has 0 atom stereocenters. The molecule has 4 rings (SSSR count). The fourth-order valence-corrected chi connectivity index (χ4v) is 3.60. The van der Waals surface area contributed by atoms with Gasteiger partial charge in [-0.15, -0.1) is 11.3 Å². The van der Waals surface area contributed by atoms with Crippen molar-refractivity contribution in [3.8, 4) is 10.4 Å². The molecule has 1 aliphatic heterocycles. The molecule has 1 aliphatic rings. The fraction of sp³-hybridized carbons (Fsp3) is 0.0556. The van der Waals surface area contributed by atoms with Crippen LogP contribution in [0.5, 0.6) is 0 Å². The van der Waals surface area contributed by atoms with E-state index in [1.165, 1.54) is 29.7 Å². The lowest BCUT2D eigenvalue weighted by atomic mass is 10.1. The van der Waals surface area contributed by atoms with Gasteiger partial charge in [-0.05, 0) is 31.2 Å². The summed E-state index contributed by atoms with van der Waals surface area (Å²) in [6, 6.07) is 10.2. The van der Waals surface area contributed by atoms with Crippen molar-refractivity contribution in [2.75, 3.05) is 0 Å². The van der Waals surface area contributed by atoms with E-state index in [2.05, 4.69) is 4.98 Å². The highest BCUT2D eigenvalue weighted by atomic mass is 32.1. The van der Waals surface area contributed by atoms with Crippen molar-refractivity contribution in [3.63, 3.8) is 0 Å². The minimum atomic E-state index is -0.767. The third-order valence-electron chi connectivity index (χ3n) is 3.90. The quantitative estimate of drug-likeness (QED) is 0.733. The number of imide groups is 1. The largest absolute Gasteiger partial charge is 0.366 e. The number of aryl methyl sites for hydroxylation is 1. The normalized spacial score (nSPS) is 13.2. The molecule has 0 fully saturated rings. The fourth-order valence-electron chi connectivity index (χ4n) is 2.70. The summed E-state index contributed by atoms with van der Waals surface area (Å²) in [4.78, 5) is 47.1. The summed E-state index contributed by atoms with van der Waals surface area (Å²) in [6.45, 7) is 1.97. The number of amides is 2. The minimum absolute atomic E-state index is 0.225. The lowest BCUT2D eigenvalue weighted by Gasteiger charge is -2.12. The summed E-state index contributed by atoms with van der Waals surface area (Å²) in [5.41, 5.74) is 1.38. The van der Waals surface area contributed by atoms with Gasteiger partial charge in [-0.3, -0.25) is 9.59 Å². The number of aromatic amines is 1. The van der Waals surface area contributed by atoms with Gasteiger partial charge in [-0.2, -0.15) is 0 Å². The van der Waals surface area contributed by atoms with Gasteiger partial charge in [-0.1, -0.05) is 17.2 Å². The van der Waals surface area contributed by atoms with Gasteiger partial charge in [-0.25, -0.2) is 4.79 Å². The third-order valence-corrected chi connectivity index (χ3v) is 4.94. The second-order valence-corrected chi connectivity index (χ2v) is 6.81. The van der Waals surface area contributed by atoms with Crippen LogP contribution >= 0.6 is 11.3 Å². The number of aromatic nitrogens is 1. The van der Waals surface area contributed by atoms with Gasteiger partial charge >= 0.3 is 5.97 Å². The molecule has 2 aromatic heterocycles. The Hall–Kier alpha value is -3.19. The molecule has 1 N–H and O–H groups in total. The first-order valence-electron chi connectivity index (χ1n) is 7.50. The summed E-state index contributed by atoms with van der Waals surface area (Å²) in [5, 5.41) is 0.517. The third kappa shape index (κ3) is 2.45. The lowest BCUT2D eigenvalue weighted by molar-refractivity contribution is -0.0583. The predicted octanol–water partition coefficient (Wildman–Crippen LogP) is 3.42. The van der Waals surface area contributed by atoms with E-state index in [0.29, 0.717) is 10.6 Å². The van der Waals surface area contributed by atoms with Crippen LogP contribution in [0.1, 0.15) is 36.0 Å². The van der Waals surface area contributed by atoms with Crippen molar-refractivity contribution in [2.45, 2.75) is 6.92 Å². The molecule has 6 nitrogen and oxygen atoms in total. The monoisotopic (exact) mass is 352 g/mol. The average Bonchev–Trinajstić information content (AvgIpc) is 3.31. The summed E-state index contributed by atoms with van der Waals surface area (Å²) in [5.74, 6) is -2.05. The molecule has 7 heteroatoms. The first-order chi connectivity index (χ1) is 12.1. The van der Waals surface area contributed by atoms with Gasteiger partial charge in [0, 0.05) is 27.7 Å². The molecule has 0 bridgehead atoms. The highest BCUT2D eigenvalue weighted by Gasteiger charge is 2.39. The Kier molecular flexibility index (Phi) is 3.51. The minimum Gasteiger partial charge on any atom is -0.366 e. The molecule has 1 aromatic carbocycles. The average molecular weight is 352 g/mol. The smallest absolute Gasteiger partial charge is 0.366 e. The maximum Gasteiger partial charge on any atom is 0.366 e. The first-order valence-corrected chi connectivity index (χ1v) is 8.31. The van der Waals surface area contributed by atoms with Crippen LogP contribution in [0.2, 0.25) is 0 Å². The van der Waals surface area contributed by atoms with Crippen LogP contribution in [-0.2, 0) is 4.84 Å². The second-order valence-electron chi connectivity index (χ2n) is 5.52. The summed E-state index contributed by atoms with van der Waals surface area (Å²) in [7, 11) is 0. The number of H-pyrrole nitrogens is 1. The highest BCUT2D eigenvalue weighted by Crippen LogP contribution is 2.31. The Balaban J connectivity index is 1.61. The summed E-state index contributed by atoms with van der Waals surface area (Å²) >= 11 is 1.54. The van der Waals surface area contributed by atoms with E-state index in [4.69, 9.17) is 4.84 Å². The second kappa shape index (κ2) is 5.71. The number of nitrogens with zero attached hydrogens (tertiary/aromatic N) is 1. The van der Waals surface area contributed by atoms with Crippen molar-refractivity contribution in [3.05, 3.63) is 70.4 Å². The lowest BCUT2D eigenvalue weighted by Crippen LogP contribution is -2.32. The molecule has 0 spiro atoms. The molecule has 124 valence electrons. The van der Waals surface area contributed by atoms with Crippen LogP contribution in [0.4, 0.5) is 0 Å². The number of fused-ring (bicyclic) bond motifs is 1. The summed E-state index contributed by atoms with van der Waals surface area (Å²) in [6.07, 6.45) is 3.18. The van der Waals surface area contributed by atoms with E-state index in [1.807, 2.05) is 19.1 Å². The highest BCUT2D eigenvalue weighted by molar-refractivity contribution is 7.15. The van der Waals surface area contributed by atoms with E-state index in [1.54, 1.807) is 18.3 Å². The van der Waals surface area contributed by atoms with E-state index >= 15 is 0 Å². The molecular formula is C18H12N2O4S. The molecule has 3 heterocycles. The zero-order chi connectivity index (χ0) is 17.6. The number of carbonyl (C=O) groups is 3. The predicted molar refractivity (Wildman–Crippen MR) is 91.2 cm³/mol. The SMILES string of the molecule is Cc1ccc(-c2c[nH]cc2C(=O)ON2C(=O)c3ccccc3C2=O)s1. The number of thiophene rings is 1. The van der Waals surface area contributed by atoms with Crippen molar-refractivity contribution in [1.82, 2.24) is 10.0 Å². The molecule has 0 saturated heterocycles. The van der Waals surface area contributed by atoms with Crippen molar-refractivity contribution < 1.29 is 19.2 Å². The summed E-state index contributed by atoms with van der Waals surface area (Å²) < 4.78 is 0. The Morgan fingerprint density at radius 1 is 1.00 bits per heavy atom. The molecule has 0 unspecified atom stereocenters. The van der Waals surface area contributed by atoms with Crippen LogP contribution in [0, 0.1) is 6.92 Å². The number of hydrogen-bond donors (Lipinski definition) is 1. The Labute approximate surface area is 146 Å². The number of nitrogens with one attached hydrogen (secondary N) is 1. The van der Waals surface area contributed by atoms with Crippen molar-refractivity contribution in [2.24, 2.45) is 0 Å². The number of benzene rings is 1. The van der Waals surface area contributed by atoms with Gasteiger partial charge in [0.15, 0.2) is 0 Å². The zero-order valence-electron chi connectivity index (χ0n) is 13.1. The molecule has 0 saturated carbocycles. The Morgan fingerprint density at radius 3 is 2.28 bits per heavy atom. The molecule has 0 radical (unpaired) electrons. The number of rotatable bonds is 3. The van der Waals surface area contributed by atoms with Gasteiger partial charge in [0.2, 0.25) is 0 Å². The van der Waals surface area contributed by atoms with E-state index in [0.717, 1.165) is 9.75 Å². The zero-order valence-corrected chi connectivity index (χ0v) is 13.9. The maximum absolute atomic E-state index is 12.5. The first kappa shape index (κ1) is 15.3. The number of carbonyl (C=O) groups excluding carboxylic acids is 3. The number of hydrogen-bond acceptors (Lipinski definition) is 5. The van der Waals surface area contributed by atoms with E-state index in [-0.39, 0.29) is 16.7 Å².